The summed E-state index contributed by atoms with van der Waals surface area (Å²) in [6, 6.07) is 0. The molecule has 5 nitrogen and oxygen atoms in total. The van der Waals surface area contributed by atoms with Gasteiger partial charge in [0, 0.05) is 32.0 Å². The average molecular weight is 251 g/mol. The Morgan fingerprint density at radius 3 is 2.72 bits per heavy atom. The minimum Gasteiger partial charge on any atom is -0.393 e. The lowest BCUT2D eigenvalue weighted by molar-refractivity contribution is 0.145. The van der Waals surface area contributed by atoms with E-state index < -0.39 is 0 Å². The highest BCUT2D eigenvalue weighted by Crippen LogP contribution is 2.14. The predicted octanol–water partition coefficient (Wildman–Crippen LogP) is 0.860. The number of rotatable bonds is 3. The Morgan fingerprint density at radius 1 is 1.44 bits per heavy atom. The molecule has 0 bridgehead atoms. The van der Waals surface area contributed by atoms with Gasteiger partial charge < -0.3 is 14.6 Å². The number of aliphatic hydroxyl groups excluding tert-OH is 1. The van der Waals surface area contributed by atoms with Crippen LogP contribution in [0.25, 0.3) is 0 Å². The third-order valence-corrected chi connectivity index (χ3v) is 3.22. The zero-order chi connectivity index (χ0) is 13.1. The third-order valence-electron chi connectivity index (χ3n) is 3.22. The highest BCUT2D eigenvalue weighted by Gasteiger charge is 2.20. The van der Waals surface area contributed by atoms with Gasteiger partial charge in [0.1, 0.15) is 0 Å². The zero-order valence-electron chi connectivity index (χ0n) is 11.0. The zero-order valence-corrected chi connectivity index (χ0v) is 11.0. The molecule has 0 spiro atoms. The van der Waals surface area contributed by atoms with Crippen LogP contribution in [0.4, 0.5) is 5.82 Å². The maximum absolute atomic E-state index is 12.3. The molecular weight excluding hydrogens is 230 g/mol. The number of nitrogens with zero attached hydrogens (tertiary/aromatic N) is 3. The molecular formula is C13H21N3O2. The molecule has 0 atom stereocenters. The van der Waals surface area contributed by atoms with Crippen LogP contribution >= 0.6 is 0 Å². The smallest absolute Gasteiger partial charge is 0.293 e. The van der Waals surface area contributed by atoms with Crippen LogP contribution in [0.15, 0.2) is 17.2 Å². The summed E-state index contributed by atoms with van der Waals surface area (Å²) in [6.45, 7) is 6.29. The Kier molecular flexibility index (Phi) is 4.01. The van der Waals surface area contributed by atoms with E-state index >= 15 is 0 Å². The molecule has 1 N–H and O–H groups in total. The summed E-state index contributed by atoms with van der Waals surface area (Å²) < 4.78 is 1.72. The number of hydrogen-bond acceptors (Lipinski definition) is 4. The van der Waals surface area contributed by atoms with Crippen LogP contribution in [-0.4, -0.2) is 33.9 Å². The fourth-order valence-corrected chi connectivity index (χ4v) is 2.27. The summed E-state index contributed by atoms with van der Waals surface area (Å²) in [6.07, 6.45) is 4.61. The molecule has 5 heteroatoms. The lowest BCUT2D eigenvalue weighted by Crippen LogP contribution is -2.40. The van der Waals surface area contributed by atoms with E-state index in [0.717, 1.165) is 0 Å². The molecule has 0 radical (unpaired) electrons. The topological polar surface area (TPSA) is 58.4 Å². The van der Waals surface area contributed by atoms with Crippen molar-refractivity contribution in [2.45, 2.75) is 39.3 Å². The van der Waals surface area contributed by atoms with Gasteiger partial charge in [0.05, 0.1) is 6.10 Å². The molecule has 0 aromatic carbocycles. The van der Waals surface area contributed by atoms with Gasteiger partial charge in [-0.05, 0) is 18.8 Å². The second-order valence-electron chi connectivity index (χ2n) is 5.32. The van der Waals surface area contributed by atoms with E-state index in [4.69, 9.17) is 0 Å². The first kappa shape index (κ1) is 13.1. The number of anilines is 1. The average Bonchev–Trinajstić information content (AvgIpc) is 2.33. The first-order chi connectivity index (χ1) is 8.58. The molecule has 1 fully saturated rings. The van der Waals surface area contributed by atoms with Gasteiger partial charge in [0.2, 0.25) is 0 Å². The predicted molar refractivity (Wildman–Crippen MR) is 70.8 cm³/mol. The van der Waals surface area contributed by atoms with Crippen molar-refractivity contribution >= 4 is 5.82 Å². The Labute approximate surface area is 107 Å². The van der Waals surface area contributed by atoms with E-state index in [1.165, 1.54) is 0 Å². The molecule has 18 heavy (non-hydrogen) atoms. The summed E-state index contributed by atoms with van der Waals surface area (Å²) in [7, 11) is 0. The Morgan fingerprint density at radius 2 is 2.11 bits per heavy atom. The second kappa shape index (κ2) is 5.52. The fraction of sp³-hybridized carbons (Fsp3) is 0.692. The van der Waals surface area contributed by atoms with Crippen molar-refractivity contribution in [3.05, 3.63) is 22.7 Å². The summed E-state index contributed by atoms with van der Waals surface area (Å²) in [5.74, 6) is 0.950. The van der Waals surface area contributed by atoms with Crippen LogP contribution in [0.5, 0.6) is 0 Å². The molecule has 2 rings (SSSR count). The summed E-state index contributed by atoms with van der Waals surface area (Å²) in [5, 5.41) is 9.49. The van der Waals surface area contributed by atoms with Crippen LogP contribution < -0.4 is 10.5 Å². The van der Waals surface area contributed by atoms with Gasteiger partial charge in [-0.2, -0.15) is 0 Å². The molecule has 100 valence electrons. The van der Waals surface area contributed by atoms with Crippen LogP contribution in [0.2, 0.25) is 0 Å². The van der Waals surface area contributed by atoms with Crippen LogP contribution in [-0.2, 0) is 6.54 Å². The lowest BCUT2D eigenvalue weighted by Gasteiger charge is -2.30. The summed E-state index contributed by atoms with van der Waals surface area (Å²) >= 11 is 0. The van der Waals surface area contributed by atoms with Crippen molar-refractivity contribution in [3.63, 3.8) is 0 Å². The van der Waals surface area contributed by atoms with E-state index in [0.29, 0.717) is 44.2 Å². The van der Waals surface area contributed by atoms with Crippen molar-refractivity contribution in [2.75, 3.05) is 18.0 Å². The molecule has 1 saturated heterocycles. The maximum Gasteiger partial charge on any atom is 0.293 e. The monoisotopic (exact) mass is 251 g/mol. The molecule has 0 saturated carbocycles. The summed E-state index contributed by atoms with van der Waals surface area (Å²) in [4.78, 5) is 18.5. The Balaban J connectivity index is 2.20. The SMILES string of the molecule is CC(C)Cn1ccnc(N2CCC(O)CC2)c1=O. The minimum absolute atomic E-state index is 0.0254. The molecule has 0 aliphatic carbocycles. The number of piperidine rings is 1. The van der Waals surface area contributed by atoms with Gasteiger partial charge in [-0.25, -0.2) is 4.98 Å². The maximum atomic E-state index is 12.3. The minimum atomic E-state index is -0.233. The number of hydrogen-bond donors (Lipinski definition) is 1. The first-order valence-electron chi connectivity index (χ1n) is 6.56. The molecule has 1 aliphatic heterocycles. The van der Waals surface area contributed by atoms with Crippen LogP contribution in [0, 0.1) is 5.92 Å². The van der Waals surface area contributed by atoms with Crippen LogP contribution in [0.1, 0.15) is 26.7 Å². The first-order valence-corrected chi connectivity index (χ1v) is 6.56. The second-order valence-corrected chi connectivity index (χ2v) is 5.32. The highest BCUT2D eigenvalue weighted by atomic mass is 16.3. The molecule has 1 aromatic heterocycles. The molecule has 2 heterocycles. The lowest BCUT2D eigenvalue weighted by atomic mass is 10.1. The van der Waals surface area contributed by atoms with Crippen molar-refractivity contribution in [1.82, 2.24) is 9.55 Å². The Hall–Kier alpha value is -1.36. The largest absolute Gasteiger partial charge is 0.393 e. The molecule has 1 aromatic rings. The van der Waals surface area contributed by atoms with Crippen molar-refractivity contribution in [3.8, 4) is 0 Å². The third kappa shape index (κ3) is 2.90. The molecule has 0 unspecified atom stereocenters. The van der Waals surface area contributed by atoms with E-state index in [-0.39, 0.29) is 11.7 Å². The summed E-state index contributed by atoms with van der Waals surface area (Å²) in [5.41, 5.74) is -0.0254. The van der Waals surface area contributed by atoms with Gasteiger partial charge in [-0.15, -0.1) is 0 Å². The standard InChI is InChI=1S/C13H21N3O2/c1-10(2)9-16-8-5-14-12(13(16)18)15-6-3-11(17)4-7-15/h5,8,10-11,17H,3-4,6-7,9H2,1-2H3. The van der Waals surface area contributed by atoms with Gasteiger partial charge in [-0.1, -0.05) is 13.8 Å². The van der Waals surface area contributed by atoms with E-state index in [1.807, 2.05) is 4.90 Å². The van der Waals surface area contributed by atoms with Gasteiger partial charge in [-0.3, -0.25) is 4.79 Å². The fourth-order valence-electron chi connectivity index (χ4n) is 2.27. The van der Waals surface area contributed by atoms with Gasteiger partial charge in [0.25, 0.3) is 5.56 Å². The van der Waals surface area contributed by atoms with Crippen molar-refractivity contribution in [2.24, 2.45) is 5.92 Å². The quantitative estimate of drug-likeness (QED) is 0.865. The van der Waals surface area contributed by atoms with E-state index in [1.54, 1.807) is 17.0 Å². The van der Waals surface area contributed by atoms with Crippen molar-refractivity contribution in [1.29, 1.82) is 0 Å². The van der Waals surface area contributed by atoms with Crippen molar-refractivity contribution < 1.29 is 5.11 Å². The Bertz CT molecular complexity index is 448. The van der Waals surface area contributed by atoms with E-state index in [2.05, 4.69) is 18.8 Å². The van der Waals surface area contributed by atoms with Crippen LogP contribution in [0.3, 0.4) is 0 Å². The molecule has 1 aliphatic rings. The molecule has 0 amide bonds. The van der Waals surface area contributed by atoms with Gasteiger partial charge in [0.15, 0.2) is 5.82 Å². The number of aromatic nitrogens is 2. The number of aliphatic hydroxyl groups is 1. The normalized spacial score (nSPS) is 17.4. The van der Waals surface area contributed by atoms with Gasteiger partial charge >= 0.3 is 0 Å². The van der Waals surface area contributed by atoms with E-state index in [9.17, 15) is 9.90 Å². The highest BCUT2D eigenvalue weighted by molar-refractivity contribution is 5.36.